The summed E-state index contributed by atoms with van der Waals surface area (Å²) < 4.78 is 9.84. The second kappa shape index (κ2) is 9.74. The summed E-state index contributed by atoms with van der Waals surface area (Å²) in [4.78, 5) is 23.1. The smallest absolute Gasteiger partial charge is 0.306 e. The molecule has 0 radical (unpaired) electrons. The standard InChI is InChI=1S/C17H32N2O5/c1-12(18)6-7-14(21)23-10-13(20)11-24-15(22)8-9-16(2,3)17(4,5)19/h13,18,20H,6-11,19H2,1-5H3. The lowest BCUT2D eigenvalue weighted by atomic mass is 9.72. The number of nitrogens with two attached hydrogens (primary N) is 1. The molecule has 140 valence electrons. The van der Waals surface area contributed by atoms with Crippen LogP contribution < -0.4 is 5.73 Å². The second-order valence-corrected chi connectivity index (χ2v) is 7.41. The van der Waals surface area contributed by atoms with Crippen molar-refractivity contribution in [3.63, 3.8) is 0 Å². The van der Waals surface area contributed by atoms with Gasteiger partial charge in [-0.15, -0.1) is 0 Å². The van der Waals surface area contributed by atoms with E-state index in [1.807, 2.05) is 27.7 Å². The highest BCUT2D eigenvalue weighted by atomic mass is 16.6. The maximum absolute atomic E-state index is 11.7. The van der Waals surface area contributed by atoms with Gasteiger partial charge in [0.15, 0.2) is 0 Å². The number of aliphatic hydroxyl groups excluding tert-OH is 1. The van der Waals surface area contributed by atoms with Crippen molar-refractivity contribution in [1.82, 2.24) is 0 Å². The summed E-state index contributed by atoms with van der Waals surface area (Å²) in [5, 5.41) is 16.9. The van der Waals surface area contributed by atoms with Crippen molar-refractivity contribution in [1.29, 1.82) is 5.41 Å². The van der Waals surface area contributed by atoms with Crippen molar-refractivity contribution in [2.45, 2.75) is 71.9 Å². The largest absolute Gasteiger partial charge is 0.463 e. The number of carbonyl (C=O) groups is 2. The van der Waals surface area contributed by atoms with Crippen molar-refractivity contribution < 1.29 is 24.2 Å². The molecule has 4 N–H and O–H groups in total. The summed E-state index contributed by atoms with van der Waals surface area (Å²) in [5.74, 6) is -0.906. The summed E-state index contributed by atoms with van der Waals surface area (Å²) >= 11 is 0. The third-order valence-corrected chi connectivity index (χ3v) is 4.28. The number of aliphatic hydroxyl groups is 1. The molecule has 0 aromatic rings. The van der Waals surface area contributed by atoms with Crippen LogP contribution >= 0.6 is 0 Å². The van der Waals surface area contributed by atoms with Crippen LogP contribution in [0.25, 0.3) is 0 Å². The van der Waals surface area contributed by atoms with E-state index >= 15 is 0 Å². The van der Waals surface area contributed by atoms with E-state index in [1.165, 1.54) is 0 Å². The van der Waals surface area contributed by atoms with Crippen LogP contribution in [-0.2, 0) is 19.1 Å². The van der Waals surface area contributed by atoms with Crippen LogP contribution in [0.2, 0.25) is 0 Å². The number of carbonyl (C=O) groups excluding carboxylic acids is 2. The van der Waals surface area contributed by atoms with Gasteiger partial charge in [0.2, 0.25) is 0 Å². The molecular weight excluding hydrogens is 312 g/mol. The van der Waals surface area contributed by atoms with Gasteiger partial charge in [-0.1, -0.05) is 13.8 Å². The van der Waals surface area contributed by atoms with Gasteiger partial charge >= 0.3 is 11.9 Å². The van der Waals surface area contributed by atoms with Crippen molar-refractivity contribution in [3.05, 3.63) is 0 Å². The first-order valence-electron chi connectivity index (χ1n) is 8.17. The van der Waals surface area contributed by atoms with Crippen molar-refractivity contribution in [2.24, 2.45) is 11.1 Å². The maximum atomic E-state index is 11.7. The molecule has 0 aromatic carbocycles. The summed E-state index contributed by atoms with van der Waals surface area (Å²) in [6, 6.07) is 0. The number of esters is 2. The molecule has 0 saturated carbocycles. The molecule has 24 heavy (non-hydrogen) atoms. The molecule has 0 amide bonds. The zero-order valence-corrected chi connectivity index (χ0v) is 15.5. The SMILES string of the molecule is CC(=N)CCC(=O)OCC(O)COC(=O)CCC(C)(C)C(C)(C)N. The monoisotopic (exact) mass is 344 g/mol. The Kier molecular flexibility index (Phi) is 9.14. The molecule has 0 aliphatic heterocycles. The van der Waals surface area contributed by atoms with Crippen LogP contribution in [0.3, 0.4) is 0 Å². The van der Waals surface area contributed by atoms with Crippen LogP contribution in [-0.4, -0.2) is 47.6 Å². The van der Waals surface area contributed by atoms with Gasteiger partial charge in [0, 0.05) is 17.7 Å². The molecule has 0 bridgehead atoms. The Hall–Kier alpha value is -1.47. The van der Waals surface area contributed by atoms with Gasteiger partial charge in [-0.2, -0.15) is 0 Å². The maximum Gasteiger partial charge on any atom is 0.306 e. The number of ether oxygens (including phenoxy) is 2. The minimum atomic E-state index is -1.06. The third kappa shape index (κ3) is 9.62. The molecule has 0 aliphatic rings. The minimum Gasteiger partial charge on any atom is -0.463 e. The fourth-order valence-corrected chi connectivity index (χ4v) is 1.60. The molecule has 1 atom stereocenters. The molecule has 0 heterocycles. The summed E-state index contributed by atoms with van der Waals surface area (Å²) in [6.45, 7) is 8.96. The number of hydrogen-bond acceptors (Lipinski definition) is 7. The first-order valence-corrected chi connectivity index (χ1v) is 8.17. The Labute approximate surface area is 144 Å². The highest BCUT2D eigenvalue weighted by Crippen LogP contribution is 2.33. The lowest BCUT2D eigenvalue weighted by molar-refractivity contribution is -0.152. The van der Waals surface area contributed by atoms with E-state index in [2.05, 4.69) is 0 Å². The van der Waals surface area contributed by atoms with Gasteiger partial charge in [0.1, 0.15) is 19.3 Å². The van der Waals surface area contributed by atoms with E-state index in [9.17, 15) is 14.7 Å². The third-order valence-electron chi connectivity index (χ3n) is 4.28. The van der Waals surface area contributed by atoms with E-state index < -0.39 is 23.6 Å². The van der Waals surface area contributed by atoms with Gasteiger partial charge < -0.3 is 25.7 Å². The van der Waals surface area contributed by atoms with E-state index in [1.54, 1.807) is 6.92 Å². The topological polar surface area (TPSA) is 123 Å². The quantitative estimate of drug-likeness (QED) is 0.388. The molecule has 0 aliphatic carbocycles. The summed E-state index contributed by atoms with van der Waals surface area (Å²) in [6.07, 6.45) is 0.156. The van der Waals surface area contributed by atoms with Crippen LogP contribution in [0.1, 0.15) is 60.3 Å². The molecule has 0 rings (SSSR count). The predicted molar refractivity (Wildman–Crippen MR) is 91.8 cm³/mol. The van der Waals surface area contributed by atoms with Crippen LogP contribution in [0, 0.1) is 10.8 Å². The van der Waals surface area contributed by atoms with Crippen LogP contribution in [0.15, 0.2) is 0 Å². The van der Waals surface area contributed by atoms with Crippen molar-refractivity contribution in [3.8, 4) is 0 Å². The average Bonchev–Trinajstić information content (AvgIpc) is 2.45. The molecule has 7 heteroatoms. The Morgan fingerprint density at radius 2 is 1.50 bits per heavy atom. The zero-order valence-electron chi connectivity index (χ0n) is 15.5. The summed E-state index contributed by atoms with van der Waals surface area (Å²) in [5.41, 5.74) is 5.82. The number of rotatable bonds is 11. The van der Waals surface area contributed by atoms with Gasteiger partial charge in [0.05, 0.1) is 6.42 Å². The van der Waals surface area contributed by atoms with Crippen molar-refractivity contribution >= 4 is 17.7 Å². The van der Waals surface area contributed by atoms with Crippen LogP contribution in [0.5, 0.6) is 0 Å². The number of hydrogen-bond donors (Lipinski definition) is 3. The molecule has 1 unspecified atom stereocenters. The molecule has 7 nitrogen and oxygen atoms in total. The van der Waals surface area contributed by atoms with E-state index in [0.717, 1.165) is 0 Å². The fraction of sp³-hybridized carbons (Fsp3) is 0.824. The minimum absolute atomic E-state index is 0.103. The first-order chi connectivity index (χ1) is 10.8. The fourth-order valence-electron chi connectivity index (χ4n) is 1.60. The van der Waals surface area contributed by atoms with Gasteiger partial charge in [0.25, 0.3) is 0 Å². The van der Waals surface area contributed by atoms with Crippen LogP contribution in [0.4, 0.5) is 0 Å². The van der Waals surface area contributed by atoms with Crippen molar-refractivity contribution in [2.75, 3.05) is 13.2 Å². The lowest BCUT2D eigenvalue weighted by Crippen LogP contribution is -2.47. The average molecular weight is 344 g/mol. The second-order valence-electron chi connectivity index (χ2n) is 7.41. The van der Waals surface area contributed by atoms with Gasteiger partial charge in [-0.3, -0.25) is 9.59 Å². The predicted octanol–water partition coefficient (Wildman–Crippen LogP) is 1.80. The first kappa shape index (κ1) is 22.5. The molecule has 0 spiro atoms. The summed E-state index contributed by atoms with van der Waals surface area (Å²) in [7, 11) is 0. The lowest BCUT2D eigenvalue weighted by Gasteiger charge is -2.38. The molecule has 0 aromatic heterocycles. The van der Waals surface area contributed by atoms with Gasteiger partial charge in [-0.05, 0) is 39.0 Å². The molecule has 0 saturated heterocycles. The Morgan fingerprint density at radius 3 is 1.92 bits per heavy atom. The number of nitrogens with one attached hydrogen (secondary N) is 1. The molecular formula is C17H32N2O5. The normalized spacial score (nSPS) is 13.3. The van der Waals surface area contributed by atoms with E-state index in [0.29, 0.717) is 18.6 Å². The molecule has 0 fully saturated rings. The highest BCUT2D eigenvalue weighted by molar-refractivity contribution is 5.83. The highest BCUT2D eigenvalue weighted by Gasteiger charge is 2.33. The van der Waals surface area contributed by atoms with E-state index in [-0.39, 0.29) is 31.5 Å². The Balaban J connectivity index is 3.98. The Morgan fingerprint density at radius 1 is 1.04 bits per heavy atom. The van der Waals surface area contributed by atoms with E-state index in [4.69, 9.17) is 20.6 Å². The van der Waals surface area contributed by atoms with Gasteiger partial charge in [-0.25, -0.2) is 0 Å². The Bertz CT molecular complexity index is 441. The zero-order chi connectivity index (χ0) is 19.0.